The van der Waals surface area contributed by atoms with Gasteiger partial charge in [0, 0.05) is 10.0 Å². The Labute approximate surface area is 146 Å². The van der Waals surface area contributed by atoms with Gasteiger partial charge in [0.05, 0.1) is 14.9 Å². The van der Waals surface area contributed by atoms with Crippen LogP contribution in [-0.4, -0.2) is 22.1 Å². The van der Waals surface area contributed by atoms with Crippen LogP contribution in [0, 0.1) is 5.41 Å². The predicted octanol–water partition coefficient (Wildman–Crippen LogP) is 3.52. The Morgan fingerprint density at radius 2 is 2.00 bits per heavy atom. The first-order valence-corrected chi connectivity index (χ1v) is 8.52. The summed E-state index contributed by atoms with van der Waals surface area (Å²) < 4.78 is 11.1. The Kier molecular flexibility index (Phi) is 3.82. The van der Waals surface area contributed by atoms with Crippen LogP contribution in [0.4, 0.5) is 0 Å². The number of rotatable bonds is 3. The third-order valence-corrected chi connectivity index (χ3v) is 6.62. The molecular formula is C13H11Br3N2O3. The average molecular weight is 483 g/mol. The highest BCUT2D eigenvalue weighted by Crippen LogP contribution is 2.66. The molecule has 2 aliphatic rings. The molecule has 1 fully saturated rings. The fraction of sp³-hybridized carbons (Fsp3) is 0.385. The summed E-state index contributed by atoms with van der Waals surface area (Å²) in [6.07, 6.45) is 2.29. The van der Waals surface area contributed by atoms with E-state index in [1.807, 2.05) is 13.0 Å². The molecule has 1 atom stereocenters. The first-order chi connectivity index (χ1) is 9.83. The van der Waals surface area contributed by atoms with Gasteiger partial charge in [-0.2, -0.15) is 5.10 Å². The number of hydrogen-bond donors (Lipinski definition) is 1. The molecule has 8 heteroatoms. The van der Waals surface area contributed by atoms with E-state index in [2.05, 4.69) is 58.3 Å². The lowest BCUT2D eigenvalue weighted by Crippen LogP contribution is -2.29. The lowest BCUT2D eigenvalue weighted by Gasteiger charge is -2.09. The highest BCUT2D eigenvalue weighted by molar-refractivity contribution is 9.25. The highest BCUT2D eigenvalue weighted by atomic mass is 79.9. The Morgan fingerprint density at radius 3 is 2.62 bits per heavy atom. The molecular weight excluding hydrogens is 472 g/mol. The number of hydrazone groups is 1. The van der Waals surface area contributed by atoms with Crippen molar-refractivity contribution in [1.82, 2.24) is 5.43 Å². The number of nitrogens with one attached hydrogen (secondary N) is 1. The summed E-state index contributed by atoms with van der Waals surface area (Å²) in [6.45, 7) is 2.09. The van der Waals surface area contributed by atoms with Crippen molar-refractivity contribution in [2.24, 2.45) is 10.5 Å². The molecule has 21 heavy (non-hydrogen) atoms. The minimum absolute atomic E-state index is 0.135. The van der Waals surface area contributed by atoms with E-state index in [9.17, 15) is 4.79 Å². The van der Waals surface area contributed by atoms with Gasteiger partial charge in [0.25, 0.3) is 0 Å². The van der Waals surface area contributed by atoms with Crippen LogP contribution in [0.5, 0.6) is 11.5 Å². The Hall–Kier alpha value is -0.600. The van der Waals surface area contributed by atoms with Gasteiger partial charge in [-0.25, -0.2) is 5.43 Å². The third-order valence-electron chi connectivity index (χ3n) is 3.62. The third kappa shape index (κ3) is 2.73. The zero-order chi connectivity index (χ0) is 15.3. The van der Waals surface area contributed by atoms with Crippen LogP contribution in [0.15, 0.2) is 21.7 Å². The topological polar surface area (TPSA) is 59.9 Å². The summed E-state index contributed by atoms with van der Waals surface area (Å²) >= 11 is 10.3. The number of ether oxygens (including phenoxy) is 2. The second-order valence-corrected chi connectivity index (χ2v) is 9.77. The van der Waals surface area contributed by atoms with Gasteiger partial charge in [-0.3, -0.25) is 4.79 Å². The monoisotopic (exact) mass is 480 g/mol. The number of amides is 1. The molecule has 3 rings (SSSR count). The van der Waals surface area contributed by atoms with Crippen LogP contribution in [0.25, 0.3) is 0 Å². The Morgan fingerprint density at radius 1 is 1.38 bits per heavy atom. The van der Waals surface area contributed by atoms with E-state index in [4.69, 9.17) is 9.47 Å². The van der Waals surface area contributed by atoms with Crippen molar-refractivity contribution < 1.29 is 14.3 Å². The van der Waals surface area contributed by atoms with Crippen LogP contribution < -0.4 is 14.9 Å². The second-order valence-electron chi connectivity index (χ2n) is 5.14. The smallest absolute Gasteiger partial charge is 0.248 e. The van der Waals surface area contributed by atoms with Crippen LogP contribution in [0.3, 0.4) is 0 Å². The maximum Gasteiger partial charge on any atom is 0.248 e. The molecule has 1 heterocycles. The largest absolute Gasteiger partial charge is 0.454 e. The minimum atomic E-state index is -0.490. The van der Waals surface area contributed by atoms with Crippen molar-refractivity contribution in [3.63, 3.8) is 0 Å². The maximum absolute atomic E-state index is 12.1. The fourth-order valence-electron chi connectivity index (χ4n) is 1.96. The summed E-state index contributed by atoms with van der Waals surface area (Å²) in [5.41, 5.74) is 2.87. The Balaban J connectivity index is 1.69. The lowest BCUT2D eigenvalue weighted by molar-refractivity contribution is -0.125. The number of nitrogens with zero attached hydrogens (tertiary/aromatic N) is 1. The molecule has 0 saturated heterocycles. The summed E-state index contributed by atoms with van der Waals surface area (Å²) in [7, 11) is 0. The average Bonchev–Trinajstić information content (AvgIpc) is 2.73. The normalized spacial score (nSPS) is 25.1. The molecule has 112 valence electrons. The van der Waals surface area contributed by atoms with Gasteiger partial charge in [0.15, 0.2) is 11.5 Å². The minimum Gasteiger partial charge on any atom is -0.454 e. The van der Waals surface area contributed by atoms with Gasteiger partial charge in [-0.15, -0.1) is 0 Å². The van der Waals surface area contributed by atoms with Gasteiger partial charge in [0.2, 0.25) is 12.7 Å². The molecule has 0 bridgehead atoms. The Bertz CT molecular complexity index is 648. The summed E-state index contributed by atoms with van der Waals surface area (Å²) in [5.74, 6) is 1.22. The first kappa shape index (κ1) is 15.3. The number of halogens is 3. The van der Waals surface area contributed by atoms with Crippen molar-refractivity contribution in [3.8, 4) is 11.5 Å². The van der Waals surface area contributed by atoms with E-state index >= 15 is 0 Å². The molecule has 1 unspecified atom stereocenters. The molecule has 0 aromatic heterocycles. The molecule has 0 spiro atoms. The van der Waals surface area contributed by atoms with E-state index in [1.54, 1.807) is 12.3 Å². The van der Waals surface area contributed by atoms with Crippen LogP contribution >= 0.6 is 47.8 Å². The van der Waals surface area contributed by atoms with Gasteiger partial charge in [0.1, 0.15) is 0 Å². The van der Waals surface area contributed by atoms with Gasteiger partial charge >= 0.3 is 0 Å². The van der Waals surface area contributed by atoms with Crippen molar-refractivity contribution in [2.75, 3.05) is 6.79 Å². The SMILES string of the molecule is CC1(C(=O)N/N=C\c2cc3c(cc2Br)OCO3)CC1(Br)Br. The molecule has 1 N–H and O–H groups in total. The zero-order valence-electron chi connectivity index (χ0n) is 11.0. The van der Waals surface area contributed by atoms with Gasteiger partial charge in [-0.1, -0.05) is 31.9 Å². The molecule has 5 nitrogen and oxygen atoms in total. The predicted molar refractivity (Wildman–Crippen MR) is 89.3 cm³/mol. The van der Waals surface area contributed by atoms with Gasteiger partial charge in [-0.05, 0) is 41.4 Å². The molecule has 1 amide bonds. The van der Waals surface area contributed by atoms with Crippen LogP contribution in [0.1, 0.15) is 18.9 Å². The van der Waals surface area contributed by atoms with Crippen molar-refractivity contribution in [1.29, 1.82) is 0 Å². The summed E-state index contributed by atoms with van der Waals surface area (Å²) in [6, 6.07) is 3.62. The number of carbonyl (C=O) groups is 1. The first-order valence-electron chi connectivity index (χ1n) is 6.14. The second kappa shape index (κ2) is 5.24. The van der Waals surface area contributed by atoms with E-state index in [1.165, 1.54) is 0 Å². The standard InChI is InChI=1S/C13H11Br3N2O3/c1-12(5-13(12,15)16)11(19)18-17-4-7-2-9-10(3-8(7)14)21-6-20-9/h2-4H,5-6H2,1H3,(H,18,19)/b17-4-. The quantitative estimate of drug-likeness (QED) is 0.407. The molecule has 1 aromatic rings. The van der Waals surface area contributed by atoms with Crippen LogP contribution in [0.2, 0.25) is 0 Å². The lowest BCUT2D eigenvalue weighted by atomic mass is 10.1. The van der Waals surface area contributed by atoms with Crippen molar-refractivity contribution >= 4 is 59.9 Å². The van der Waals surface area contributed by atoms with E-state index < -0.39 is 5.41 Å². The molecule has 1 aliphatic carbocycles. The van der Waals surface area contributed by atoms with Crippen molar-refractivity contribution in [2.45, 2.75) is 16.6 Å². The molecule has 1 aliphatic heterocycles. The number of carbonyl (C=O) groups excluding carboxylic acids is 1. The maximum atomic E-state index is 12.1. The summed E-state index contributed by atoms with van der Waals surface area (Å²) in [4.78, 5) is 12.1. The number of alkyl halides is 2. The zero-order valence-corrected chi connectivity index (χ0v) is 15.7. The molecule has 1 saturated carbocycles. The highest BCUT2D eigenvalue weighted by Gasteiger charge is 2.66. The molecule has 0 radical (unpaired) electrons. The van der Waals surface area contributed by atoms with E-state index in [-0.39, 0.29) is 15.9 Å². The van der Waals surface area contributed by atoms with Gasteiger partial charge < -0.3 is 9.47 Å². The van der Waals surface area contributed by atoms with E-state index in [0.717, 1.165) is 16.5 Å². The fourth-order valence-corrected chi connectivity index (χ4v) is 3.87. The van der Waals surface area contributed by atoms with Crippen molar-refractivity contribution in [3.05, 3.63) is 22.2 Å². The number of fused-ring (bicyclic) bond motifs is 1. The van der Waals surface area contributed by atoms with E-state index in [0.29, 0.717) is 11.5 Å². The molecule has 1 aromatic carbocycles. The summed E-state index contributed by atoms with van der Waals surface area (Å²) in [5, 5.41) is 4.01. The number of hydrogen-bond acceptors (Lipinski definition) is 4. The number of benzene rings is 1. The van der Waals surface area contributed by atoms with Crippen LogP contribution in [-0.2, 0) is 4.79 Å².